The summed E-state index contributed by atoms with van der Waals surface area (Å²) < 4.78 is 11.3. The number of benzene rings is 1. The quantitative estimate of drug-likeness (QED) is 0.210. The first kappa shape index (κ1) is 24.7. The van der Waals surface area contributed by atoms with E-state index in [1.807, 2.05) is 12.1 Å². The van der Waals surface area contributed by atoms with Gasteiger partial charge in [0.15, 0.2) is 5.96 Å². The van der Waals surface area contributed by atoms with E-state index in [4.69, 9.17) is 9.15 Å². The smallest absolute Gasteiger partial charge is 0.226 e. The van der Waals surface area contributed by atoms with Gasteiger partial charge in [-0.3, -0.25) is 4.99 Å². The molecule has 1 fully saturated rings. The Morgan fingerprint density at radius 1 is 1.20 bits per heavy atom. The van der Waals surface area contributed by atoms with Crippen LogP contribution in [0.4, 0.5) is 0 Å². The molecule has 6 nitrogen and oxygen atoms in total. The van der Waals surface area contributed by atoms with Gasteiger partial charge < -0.3 is 19.8 Å². The average molecular weight is 526 g/mol. The molecule has 2 aromatic rings. The molecule has 1 heterocycles. The van der Waals surface area contributed by atoms with Crippen LogP contribution >= 0.6 is 24.0 Å². The number of guanidine groups is 1. The molecule has 1 aliphatic rings. The van der Waals surface area contributed by atoms with Crippen molar-refractivity contribution in [2.24, 2.45) is 10.4 Å². The van der Waals surface area contributed by atoms with Crippen molar-refractivity contribution in [1.82, 2.24) is 15.6 Å². The van der Waals surface area contributed by atoms with E-state index >= 15 is 0 Å². The van der Waals surface area contributed by atoms with E-state index in [1.165, 1.54) is 31.2 Å². The molecule has 166 valence electrons. The van der Waals surface area contributed by atoms with Crippen molar-refractivity contribution in [3.63, 3.8) is 0 Å². The van der Waals surface area contributed by atoms with Crippen LogP contribution in [-0.2, 0) is 11.3 Å². The summed E-state index contributed by atoms with van der Waals surface area (Å²) in [5.41, 5.74) is 3.38. The number of ether oxygens (including phenoxy) is 1. The summed E-state index contributed by atoms with van der Waals surface area (Å²) in [7, 11) is 1.80. The lowest BCUT2D eigenvalue weighted by atomic mass is 9.83. The minimum atomic E-state index is 0. The summed E-state index contributed by atoms with van der Waals surface area (Å²) in [4.78, 5) is 8.96. The van der Waals surface area contributed by atoms with E-state index in [9.17, 15) is 0 Å². The van der Waals surface area contributed by atoms with Crippen LogP contribution in [0.2, 0.25) is 0 Å². The number of aromatic nitrogens is 1. The Labute approximate surface area is 197 Å². The van der Waals surface area contributed by atoms with E-state index in [0.717, 1.165) is 43.4 Å². The van der Waals surface area contributed by atoms with Gasteiger partial charge in [0.2, 0.25) is 5.89 Å². The van der Waals surface area contributed by atoms with E-state index in [-0.39, 0.29) is 24.0 Å². The van der Waals surface area contributed by atoms with E-state index in [1.54, 1.807) is 13.3 Å². The summed E-state index contributed by atoms with van der Waals surface area (Å²) >= 11 is 0. The molecule has 1 saturated carbocycles. The van der Waals surface area contributed by atoms with Crippen LogP contribution in [0.3, 0.4) is 0 Å². The van der Waals surface area contributed by atoms with Gasteiger partial charge in [0.1, 0.15) is 6.26 Å². The lowest BCUT2D eigenvalue weighted by Gasteiger charge is -2.30. The first-order valence-electron chi connectivity index (χ1n) is 10.7. The fraction of sp³-hybridized carbons (Fsp3) is 0.565. The summed E-state index contributed by atoms with van der Waals surface area (Å²) in [5, 5.41) is 6.87. The Balaban J connectivity index is 0.00000320. The zero-order valence-electron chi connectivity index (χ0n) is 18.4. The van der Waals surface area contributed by atoms with E-state index in [2.05, 4.69) is 46.6 Å². The molecule has 0 aliphatic heterocycles. The SMILES string of the molecule is CCOCCC1(CNC(=NC)NCc2coc(-c3ccc(C)cc3)n2)CCCC1.I. The van der Waals surface area contributed by atoms with Crippen LogP contribution in [-0.4, -0.2) is 37.7 Å². The van der Waals surface area contributed by atoms with Gasteiger partial charge in [-0.15, -0.1) is 24.0 Å². The van der Waals surface area contributed by atoms with Crippen LogP contribution in [0, 0.1) is 12.3 Å². The van der Waals surface area contributed by atoms with Crippen molar-refractivity contribution >= 4 is 29.9 Å². The fourth-order valence-corrected chi connectivity index (χ4v) is 3.96. The van der Waals surface area contributed by atoms with Gasteiger partial charge in [-0.2, -0.15) is 0 Å². The zero-order valence-corrected chi connectivity index (χ0v) is 20.7. The molecule has 3 rings (SSSR count). The molecule has 1 aromatic carbocycles. The second-order valence-electron chi connectivity index (χ2n) is 7.94. The molecule has 0 saturated heterocycles. The summed E-state index contributed by atoms with van der Waals surface area (Å²) in [6.07, 6.45) is 7.94. The Bertz CT molecular complexity index is 783. The average Bonchev–Trinajstić information content (AvgIpc) is 3.39. The molecular weight excluding hydrogens is 491 g/mol. The number of nitrogens with one attached hydrogen (secondary N) is 2. The molecule has 0 amide bonds. The van der Waals surface area contributed by atoms with Gasteiger partial charge in [0, 0.05) is 32.4 Å². The van der Waals surface area contributed by atoms with Crippen LogP contribution in [0.15, 0.2) is 39.9 Å². The largest absolute Gasteiger partial charge is 0.444 e. The molecule has 1 aliphatic carbocycles. The van der Waals surface area contributed by atoms with Crippen LogP contribution in [0.25, 0.3) is 11.5 Å². The van der Waals surface area contributed by atoms with Crippen molar-refractivity contribution in [3.05, 3.63) is 41.8 Å². The molecular formula is C23H35IN4O2. The molecule has 0 unspecified atom stereocenters. The molecule has 0 spiro atoms. The number of nitrogens with zero attached hydrogens (tertiary/aromatic N) is 2. The minimum Gasteiger partial charge on any atom is -0.444 e. The third kappa shape index (κ3) is 6.97. The molecule has 0 bridgehead atoms. The van der Waals surface area contributed by atoms with Gasteiger partial charge in [-0.05, 0) is 50.7 Å². The topological polar surface area (TPSA) is 71.7 Å². The third-order valence-electron chi connectivity index (χ3n) is 5.79. The number of halogens is 1. The van der Waals surface area contributed by atoms with Gasteiger partial charge in [-0.25, -0.2) is 4.98 Å². The van der Waals surface area contributed by atoms with Gasteiger partial charge in [0.25, 0.3) is 0 Å². The normalized spacial score (nSPS) is 15.6. The zero-order chi connectivity index (χ0) is 20.5. The highest BCUT2D eigenvalue weighted by Gasteiger charge is 2.33. The molecule has 7 heteroatoms. The van der Waals surface area contributed by atoms with Crippen molar-refractivity contribution in [3.8, 4) is 11.5 Å². The van der Waals surface area contributed by atoms with Gasteiger partial charge in [0.05, 0.1) is 12.2 Å². The molecule has 2 N–H and O–H groups in total. The van der Waals surface area contributed by atoms with Gasteiger partial charge >= 0.3 is 0 Å². The third-order valence-corrected chi connectivity index (χ3v) is 5.79. The summed E-state index contributed by atoms with van der Waals surface area (Å²) in [6, 6.07) is 8.19. The Morgan fingerprint density at radius 3 is 2.60 bits per heavy atom. The second kappa shape index (κ2) is 12.3. The highest BCUT2D eigenvalue weighted by Crippen LogP contribution is 2.40. The standard InChI is InChI=1S/C23H34N4O2.HI/c1-4-28-14-13-23(11-5-6-12-23)17-26-22(24-3)25-15-20-16-29-21(27-20)19-9-7-18(2)8-10-19;/h7-10,16H,4-6,11-15,17H2,1-3H3,(H2,24,25,26);1H. The maximum absolute atomic E-state index is 5.64. The fourth-order valence-electron chi connectivity index (χ4n) is 3.96. The predicted molar refractivity (Wildman–Crippen MR) is 132 cm³/mol. The van der Waals surface area contributed by atoms with Crippen LogP contribution < -0.4 is 10.6 Å². The van der Waals surface area contributed by atoms with Crippen LogP contribution in [0.1, 0.15) is 50.3 Å². The Kier molecular flexibility index (Phi) is 10.1. The maximum Gasteiger partial charge on any atom is 0.226 e. The maximum atomic E-state index is 5.64. The molecule has 1 aromatic heterocycles. The lowest BCUT2D eigenvalue weighted by Crippen LogP contribution is -2.43. The number of hydrogen-bond acceptors (Lipinski definition) is 4. The Morgan fingerprint density at radius 2 is 1.93 bits per heavy atom. The van der Waals surface area contributed by atoms with E-state index < -0.39 is 0 Å². The molecule has 0 atom stereocenters. The number of rotatable bonds is 9. The van der Waals surface area contributed by atoms with E-state index in [0.29, 0.717) is 17.9 Å². The number of oxazole rings is 1. The van der Waals surface area contributed by atoms with Crippen LogP contribution in [0.5, 0.6) is 0 Å². The summed E-state index contributed by atoms with van der Waals surface area (Å²) in [5.74, 6) is 1.44. The second-order valence-corrected chi connectivity index (χ2v) is 7.94. The molecule has 0 radical (unpaired) electrons. The highest BCUT2D eigenvalue weighted by molar-refractivity contribution is 14.0. The predicted octanol–water partition coefficient (Wildman–Crippen LogP) is 4.92. The minimum absolute atomic E-state index is 0. The van der Waals surface area contributed by atoms with Gasteiger partial charge in [-0.1, -0.05) is 30.5 Å². The van der Waals surface area contributed by atoms with Crippen molar-refractivity contribution in [2.45, 2.75) is 52.5 Å². The molecule has 30 heavy (non-hydrogen) atoms. The number of hydrogen-bond donors (Lipinski definition) is 2. The lowest BCUT2D eigenvalue weighted by molar-refractivity contribution is 0.105. The highest BCUT2D eigenvalue weighted by atomic mass is 127. The first-order chi connectivity index (χ1) is 14.1. The van der Waals surface area contributed by atoms with Crippen molar-refractivity contribution < 1.29 is 9.15 Å². The number of aliphatic imine (C=N–C) groups is 1. The Hall–Kier alpha value is -1.61. The van der Waals surface area contributed by atoms with Crippen molar-refractivity contribution in [1.29, 1.82) is 0 Å². The summed E-state index contributed by atoms with van der Waals surface area (Å²) in [6.45, 7) is 7.24. The monoisotopic (exact) mass is 526 g/mol. The van der Waals surface area contributed by atoms with Crippen molar-refractivity contribution in [2.75, 3.05) is 26.8 Å². The first-order valence-corrected chi connectivity index (χ1v) is 10.7. The number of aryl methyl sites for hydroxylation is 1.